The van der Waals surface area contributed by atoms with Gasteiger partial charge in [-0.2, -0.15) is 13.2 Å². The lowest BCUT2D eigenvalue weighted by atomic mass is 10.1. The van der Waals surface area contributed by atoms with Crippen LogP contribution in [0.2, 0.25) is 0 Å². The number of hydrogen-bond acceptors (Lipinski definition) is 4. The molecular weight excluding hydrogens is 443 g/mol. The average Bonchev–Trinajstić information content (AvgIpc) is 2.95. The Morgan fingerprint density at radius 1 is 1.00 bits per heavy atom. The Balaban J connectivity index is 1.68. The second-order valence-corrected chi connectivity index (χ2v) is 9.60. The predicted octanol–water partition coefficient (Wildman–Crippen LogP) is 3.81. The molecular formula is C22H26F3N3O3S. The fourth-order valence-corrected chi connectivity index (χ4v) is 4.73. The topological polar surface area (TPSA) is 69.7 Å². The normalized spacial score (nSPS) is 16.0. The van der Waals surface area contributed by atoms with E-state index in [2.05, 4.69) is 4.72 Å². The Kier molecular flexibility index (Phi) is 7.14. The molecule has 6 nitrogen and oxygen atoms in total. The van der Waals surface area contributed by atoms with Crippen LogP contribution in [0.1, 0.15) is 27.9 Å². The first kappa shape index (κ1) is 24.1. The molecule has 1 saturated heterocycles. The monoisotopic (exact) mass is 469 g/mol. The smallest absolute Gasteiger partial charge is 0.337 e. The number of aryl methyl sites for hydroxylation is 1. The van der Waals surface area contributed by atoms with Crippen molar-refractivity contribution in [1.29, 1.82) is 0 Å². The van der Waals surface area contributed by atoms with Gasteiger partial charge in [0.25, 0.3) is 15.9 Å². The summed E-state index contributed by atoms with van der Waals surface area (Å²) in [4.78, 5) is 15.6. The molecule has 0 radical (unpaired) electrons. The molecule has 10 heteroatoms. The molecule has 1 N–H and O–H groups in total. The summed E-state index contributed by atoms with van der Waals surface area (Å²) in [5.41, 5.74) is 2.55. The summed E-state index contributed by atoms with van der Waals surface area (Å²) in [5.74, 6) is -0.328. The van der Waals surface area contributed by atoms with Gasteiger partial charge in [-0.1, -0.05) is 12.1 Å². The van der Waals surface area contributed by atoms with E-state index in [1.54, 1.807) is 12.1 Å². The number of sulfonamides is 1. The van der Waals surface area contributed by atoms with Crippen molar-refractivity contribution in [3.05, 3.63) is 59.2 Å². The summed E-state index contributed by atoms with van der Waals surface area (Å²) in [6, 6.07) is 10.9. The number of nitrogens with zero attached hydrogens (tertiary/aromatic N) is 2. The second-order valence-electron chi connectivity index (χ2n) is 7.91. The molecule has 3 rings (SSSR count). The minimum atomic E-state index is -4.27. The zero-order valence-corrected chi connectivity index (χ0v) is 18.8. The van der Waals surface area contributed by atoms with Crippen molar-refractivity contribution in [1.82, 2.24) is 9.80 Å². The number of carbonyl (C=O) groups is 1. The maximum absolute atomic E-state index is 12.8. The number of rotatable bonds is 5. The molecule has 174 valence electrons. The Hall–Kier alpha value is -2.59. The van der Waals surface area contributed by atoms with Gasteiger partial charge in [-0.05, 0) is 61.7 Å². The van der Waals surface area contributed by atoms with E-state index in [1.807, 2.05) is 19.9 Å². The molecule has 1 fully saturated rings. The van der Waals surface area contributed by atoms with Gasteiger partial charge in [-0.15, -0.1) is 0 Å². The Labute approximate surface area is 186 Å². The van der Waals surface area contributed by atoms with E-state index in [0.29, 0.717) is 24.2 Å². The number of alkyl halides is 3. The third-order valence-electron chi connectivity index (χ3n) is 5.54. The van der Waals surface area contributed by atoms with E-state index in [-0.39, 0.29) is 30.4 Å². The predicted molar refractivity (Wildman–Crippen MR) is 116 cm³/mol. The first-order valence-electron chi connectivity index (χ1n) is 10.2. The number of amides is 1. The van der Waals surface area contributed by atoms with Crippen molar-refractivity contribution in [3.8, 4) is 0 Å². The van der Waals surface area contributed by atoms with E-state index in [1.165, 1.54) is 34.1 Å². The minimum absolute atomic E-state index is 0.0159. The van der Waals surface area contributed by atoms with Crippen LogP contribution in [0.5, 0.6) is 0 Å². The summed E-state index contributed by atoms with van der Waals surface area (Å²) in [5, 5.41) is 0. The third-order valence-corrected chi connectivity index (χ3v) is 6.92. The van der Waals surface area contributed by atoms with Gasteiger partial charge in [0.05, 0.1) is 17.1 Å². The summed E-state index contributed by atoms with van der Waals surface area (Å²) < 4.78 is 65.9. The minimum Gasteiger partial charge on any atom is -0.337 e. The summed E-state index contributed by atoms with van der Waals surface area (Å²) in [6.07, 6.45) is -3.83. The molecule has 1 heterocycles. The van der Waals surface area contributed by atoms with E-state index in [4.69, 9.17) is 0 Å². The number of benzene rings is 2. The van der Waals surface area contributed by atoms with Crippen molar-refractivity contribution in [2.75, 3.05) is 37.4 Å². The Bertz CT molecular complexity index is 1070. The van der Waals surface area contributed by atoms with Crippen LogP contribution in [-0.2, 0) is 10.0 Å². The lowest BCUT2D eigenvalue weighted by Crippen LogP contribution is -2.38. The van der Waals surface area contributed by atoms with Crippen LogP contribution < -0.4 is 4.72 Å². The van der Waals surface area contributed by atoms with E-state index in [9.17, 15) is 26.4 Å². The maximum atomic E-state index is 12.8. The van der Waals surface area contributed by atoms with Gasteiger partial charge in [-0.25, -0.2) is 8.42 Å². The van der Waals surface area contributed by atoms with Gasteiger partial charge in [0.1, 0.15) is 0 Å². The van der Waals surface area contributed by atoms with Crippen LogP contribution in [0, 0.1) is 13.8 Å². The molecule has 32 heavy (non-hydrogen) atoms. The van der Waals surface area contributed by atoms with E-state index < -0.39 is 22.7 Å². The maximum Gasteiger partial charge on any atom is 0.401 e. The molecule has 0 unspecified atom stereocenters. The van der Waals surface area contributed by atoms with Gasteiger partial charge >= 0.3 is 6.18 Å². The van der Waals surface area contributed by atoms with Crippen molar-refractivity contribution < 1.29 is 26.4 Å². The molecule has 1 aliphatic heterocycles. The van der Waals surface area contributed by atoms with Gasteiger partial charge in [-0.3, -0.25) is 14.4 Å². The molecule has 0 saturated carbocycles. The van der Waals surface area contributed by atoms with E-state index >= 15 is 0 Å². The SMILES string of the molecule is Cc1cccc(NS(=O)(=O)c2ccc(C(=O)N3CCCN(CC(F)(F)F)CC3)cc2)c1C. The standard InChI is InChI=1S/C22H26F3N3O3S/c1-16-5-3-6-20(17(16)2)26-32(30,31)19-9-7-18(8-10-19)21(29)28-12-4-11-27(13-14-28)15-22(23,24)25/h3,5-10,26H,4,11-15H2,1-2H3. The summed E-state index contributed by atoms with van der Waals surface area (Å²) >= 11 is 0. The number of hydrogen-bond donors (Lipinski definition) is 1. The zero-order valence-electron chi connectivity index (χ0n) is 17.9. The van der Waals surface area contributed by atoms with Crippen LogP contribution in [0.15, 0.2) is 47.4 Å². The lowest BCUT2D eigenvalue weighted by molar-refractivity contribution is -0.145. The third kappa shape index (κ3) is 6.01. The van der Waals surface area contributed by atoms with Gasteiger partial charge in [0.2, 0.25) is 0 Å². The summed E-state index contributed by atoms with van der Waals surface area (Å²) in [7, 11) is -3.84. The molecule has 2 aromatic rings. The largest absolute Gasteiger partial charge is 0.401 e. The molecule has 0 bridgehead atoms. The first-order valence-corrected chi connectivity index (χ1v) is 11.7. The van der Waals surface area contributed by atoms with Crippen LogP contribution in [0.3, 0.4) is 0 Å². The van der Waals surface area contributed by atoms with Crippen LogP contribution >= 0.6 is 0 Å². The molecule has 0 aromatic heterocycles. The van der Waals surface area contributed by atoms with Crippen molar-refractivity contribution in [2.24, 2.45) is 0 Å². The Morgan fingerprint density at radius 2 is 1.69 bits per heavy atom. The highest BCUT2D eigenvalue weighted by Crippen LogP contribution is 2.23. The van der Waals surface area contributed by atoms with Crippen molar-refractivity contribution in [3.63, 3.8) is 0 Å². The van der Waals surface area contributed by atoms with Gasteiger partial charge < -0.3 is 4.90 Å². The molecule has 0 spiro atoms. The molecule has 1 aliphatic rings. The molecule has 1 amide bonds. The van der Waals surface area contributed by atoms with Crippen LogP contribution in [-0.4, -0.2) is 63.0 Å². The lowest BCUT2D eigenvalue weighted by Gasteiger charge is -2.23. The average molecular weight is 470 g/mol. The highest BCUT2D eigenvalue weighted by Gasteiger charge is 2.32. The summed E-state index contributed by atoms with van der Waals surface area (Å²) in [6.45, 7) is 3.66. The molecule has 2 aromatic carbocycles. The highest BCUT2D eigenvalue weighted by molar-refractivity contribution is 7.92. The van der Waals surface area contributed by atoms with Crippen LogP contribution in [0.4, 0.5) is 18.9 Å². The van der Waals surface area contributed by atoms with E-state index in [0.717, 1.165) is 11.1 Å². The van der Waals surface area contributed by atoms with Gasteiger partial charge in [0.15, 0.2) is 0 Å². The quantitative estimate of drug-likeness (QED) is 0.723. The van der Waals surface area contributed by atoms with Gasteiger partial charge in [0, 0.05) is 31.7 Å². The van der Waals surface area contributed by atoms with Crippen molar-refractivity contribution >= 4 is 21.6 Å². The molecule has 0 atom stereocenters. The second kappa shape index (κ2) is 9.50. The number of nitrogens with one attached hydrogen (secondary N) is 1. The number of anilines is 1. The molecule has 0 aliphatic carbocycles. The number of carbonyl (C=O) groups excluding carboxylic acids is 1. The zero-order chi connectivity index (χ0) is 23.5. The fraction of sp³-hybridized carbons (Fsp3) is 0.409. The highest BCUT2D eigenvalue weighted by atomic mass is 32.2. The Morgan fingerprint density at radius 3 is 2.34 bits per heavy atom. The fourth-order valence-electron chi connectivity index (χ4n) is 3.61. The number of halogens is 3. The van der Waals surface area contributed by atoms with Crippen molar-refractivity contribution in [2.45, 2.75) is 31.3 Å². The first-order chi connectivity index (χ1) is 15.0. The van der Waals surface area contributed by atoms with Crippen LogP contribution in [0.25, 0.3) is 0 Å².